The van der Waals surface area contributed by atoms with Crippen LogP contribution in [-0.4, -0.2) is 27.5 Å². The Labute approximate surface area is 194 Å². The summed E-state index contributed by atoms with van der Waals surface area (Å²) in [4.78, 5) is 46.6. The van der Waals surface area contributed by atoms with E-state index in [0.29, 0.717) is 35.1 Å². The van der Waals surface area contributed by atoms with Crippen LogP contribution in [0.1, 0.15) is 30.1 Å². The number of rotatable bonds is 6. The highest BCUT2D eigenvalue weighted by atomic mass is 19.1. The van der Waals surface area contributed by atoms with Gasteiger partial charge in [0.1, 0.15) is 11.6 Å². The lowest BCUT2D eigenvalue weighted by molar-refractivity contribution is 0.0994. The first-order valence-electron chi connectivity index (χ1n) is 10.9. The number of halogens is 1. The Bertz CT molecular complexity index is 1490. The van der Waals surface area contributed by atoms with Crippen LogP contribution < -0.4 is 21.9 Å². The van der Waals surface area contributed by atoms with Crippen LogP contribution in [0.25, 0.3) is 22.2 Å². The number of nitrogens with two attached hydrogens (primary N) is 1. The first-order chi connectivity index (χ1) is 16.3. The van der Waals surface area contributed by atoms with Gasteiger partial charge >= 0.3 is 5.69 Å². The molecule has 0 aliphatic carbocycles. The molecule has 2 aromatic carbocycles. The van der Waals surface area contributed by atoms with Gasteiger partial charge in [-0.2, -0.15) is 0 Å². The summed E-state index contributed by atoms with van der Waals surface area (Å²) in [6.07, 6.45) is 1.51. The van der Waals surface area contributed by atoms with Crippen LogP contribution >= 0.6 is 0 Å². The van der Waals surface area contributed by atoms with Crippen LogP contribution in [0.5, 0.6) is 0 Å². The van der Waals surface area contributed by atoms with Crippen LogP contribution in [0.3, 0.4) is 0 Å². The van der Waals surface area contributed by atoms with Crippen molar-refractivity contribution in [1.82, 2.24) is 14.5 Å². The average molecular weight is 461 g/mol. The van der Waals surface area contributed by atoms with Gasteiger partial charge in [-0.1, -0.05) is 31.5 Å². The summed E-state index contributed by atoms with van der Waals surface area (Å²) < 4.78 is 14.7. The molecule has 4 rings (SSSR count). The number of benzene rings is 2. The number of pyridine rings is 1. The number of anilines is 2. The second kappa shape index (κ2) is 9.30. The molecular formula is C25H24FN5O3. The highest BCUT2D eigenvalue weighted by molar-refractivity contribution is 6.14. The van der Waals surface area contributed by atoms with Gasteiger partial charge in [-0.25, -0.2) is 14.2 Å². The molecule has 34 heavy (non-hydrogen) atoms. The molecule has 3 N–H and O–H groups in total. The Kier molecular flexibility index (Phi) is 6.27. The molecule has 2 heterocycles. The first-order valence-corrected chi connectivity index (χ1v) is 10.9. The molecule has 0 saturated carbocycles. The van der Waals surface area contributed by atoms with Gasteiger partial charge in [-0.05, 0) is 42.8 Å². The highest BCUT2D eigenvalue weighted by Crippen LogP contribution is 2.27. The van der Waals surface area contributed by atoms with Crippen molar-refractivity contribution in [3.63, 3.8) is 0 Å². The minimum Gasteiger partial charge on any atom is -0.383 e. The fraction of sp³-hybridized carbons (Fsp3) is 0.200. The summed E-state index contributed by atoms with van der Waals surface area (Å²) in [6.45, 7) is 2.29. The maximum Gasteiger partial charge on any atom is 0.330 e. The number of aromatic amines is 1. The minimum absolute atomic E-state index is 0.0739. The van der Waals surface area contributed by atoms with Gasteiger partial charge in [-0.15, -0.1) is 0 Å². The van der Waals surface area contributed by atoms with E-state index >= 15 is 0 Å². The van der Waals surface area contributed by atoms with Crippen molar-refractivity contribution in [2.45, 2.75) is 26.3 Å². The number of fused-ring (bicyclic) bond motifs is 1. The molecule has 2 aromatic heterocycles. The molecule has 0 spiro atoms. The molecule has 0 bridgehead atoms. The number of nitrogen functional groups attached to an aromatic ring is 1. The predicted octanol–water partition coefficient (Wildman–Crippen LogP) is 3.55. The third-order valence-electron chi connectivity index (χ3n) is 5.68. The van der Waals surface area contributed by atoms with E-state index < -0.39 is 17.2 Å². The van der Waals surface area contributed by atoms with E-state index in [0.717, 1.165) is 11.3 Å². The van der Waals surface area contributed by atoms with Crippen molar-refractivity contribution >= 4 is 28.3 Å². The van der Waals surface area contributed by atoms with Gasteiger partial charge in [0, 0.05) is 24.5 Å². The molecule has 4 aromatic rings. The normalized spacial score (nSPS) is 11.0. The molecule has 0 atom stereocenters. The average Bonchev–Trinajstić information content (AvgIpc) is 2.83. The minimum atomic E-state index is -0.747. The molecule has 9 heteroatoms. The third kappa shape index (κ3) is 4.19. The Hall–Kier alpha value is -4.27. The van der Waals surface area contributed by atoms with Crippen LogP contribution in [0.15, 0.2) is 64.2 Å². The van der Waals surface area contributed by atoms with E-state index in [1.807, 2.05) is 6.92 Å². The largest absolute Gasteiger partial charge is 0.383 e. The summed E-state index contributed by atoms with van der Waals surface area (Å²) >= 11 is 0. The number of carbonyl (C=O) groups excluding carboxylic acids is 1. The van der Waals surface area contributed by atoms with Gasteiger partial charge < -0.3 is 10.6 Å². The fourth-order valence-electron chi connectivity index (χ4n) is 3.84. The molecule has 0 fully saturated rings. The van der Waals surface area contributed by atoms with E-state index in [2.05, 4.69) is 9.97 Å². The molecule has 0 saturated heterocycles. The number of hydrogen-bond acceptors (Lipinski definition) is 5. The number of para-hydroxylation sites is 1. The predicted molar refractivity (Wildman–Crippen MR) is 131 cm³/mol. The summed E-state index contributed by atoms with van der Waals surface area (Å²) in [6, 6.07) is 14.5. The highest BCUT2D eigenvalue weighted by Gasteiger charge is 2.24. The number of amides is 1. The van der Waals surface area contributed by atoms with Crippen LogP contribution in [0.4, 0.5) is 15.9 Å². The topological polar surface area (TPSA) is 114 Å². The van der Waals surface area contributed by atoms with Gasteiger partial charge in [0.25, 0.3) is 11.5 Å². The molecule has 0 aliphatic rings. The number of carbonyl (C=O) groups is 1. The maximum absolute atomic E-state index is 13.7. The second-order valence-corrected chi connectivity index (χ2v) is 7.94. The lowest BCUT2D eigenvalue weighted by Gasteiger charge is -2.21. The fourth-order valence-corrected chi connectivity index (χ4v) is 3.84. The van der Waals surface area contributed by atoms with Crippen molar-refractivity contribution in [3.8, 4) is 11.3 Å². The van der Waals surface area contributed by atoms with Crippen molar-refractivity contribution in [3.05, 3.63) is 86.8 Å². The summed E-state index contributed by atoms with van der Waals surface area (Å²) in [7, 11) is 1.44. The molecular weight excluding hydrogens is 437 g/mol. The second-order valence-electron chi connectivity index (χ2n) is 7.94. The zero-order valence-electron chi connectivity index (χ0n) is 18.8. The van der Waals surface area contributed by atoms with Crippen LogP contribution in [-0.2, 0) is 6.54 Å². The Balaban J connectivity index is 1.85. The molecule has 8 nitrogen and oxygen atoms in total. The van der Waals surface area contributed by atoms with Gasteiger partial charge in [0.2, 0.25) is 0 Å². The smallest absolute Gasteiger partial charge is 0.330 e. The lowest BCUT2D eigenvalue weighted by Crippen LogP contribution is -2.39. The zero-order chi connectivity index (χ0) is 24.4. The van der Waals surface area contributed by atoms with Crippen molar-refractivity contribution in [2.24, 2.45) is 0 Å². The van der Waals surface area contributed by atoms with Gasteiger partial charge in [-0.3, -0.25) is 19.1 Å². The van der Waals surface area contributed by atoms with Crippen molar-refractivity contribution in [1.29, 1.82) is 0 Å². The monoisotopic (exact) mass is 461 g/mol. The molecule has 0 aliphatic heterocycles. The number of hydrogen-bond donors (Lipinski definition) is 2. The maximum atomic E-state index is 13.7. The molecule has 1 amide bonds. The number of nitrogens with one attached hydrogen (secondary N) is 1. The van der Waals surface area contributed by atoms with E-state index in [4.69, 9.17) is 5.73 Å². The van der Waals surface area contributed by atoms with E-state index in [9.17, 15) is 18.8 Å². The van der Waals surface area contributed by atoms with Gasteiger partial charge in [0.05, 0.1) is 16.8 Å². The lowest BCUT2D eigenvalue weighted by atomic mass is 10.0. The van der Waals surface area contributed by atoms with Crippen LogP contribution in [0.2, 0.25) is 0 Å². The summed E-state index contributed by atoms with van der Waals surface area (Å²) in [5.41, 5.74) is 6.69. The molecule has 174 valence electrons. The summed E-state index contributed by atoms with van der Waals surface area (Å²) in [5, 5.41) is 0.583. The number of aromatic nitrogens is 3. The van der Waals surface area contributed by atoms with E-state index in [-0.39, 0.29) is 22.9 Å². The Morgan fingerprint density at radius 3 is 2.56 bits per heavy atom. The SMILES string of the molecule is CCCCn1c(N)c(N(C)C(=O)c2cc(-c3ccc(F)cc3)nc3ccccc23)c(=O)[nH]c1=O. The molecule has 0 radical (unpaired) electrons. The first kappa shape index (κ1) is 22.9. The van der Waals surface area contributed by atoms with Gasteiger partial charge in [0.15, 0.2) is 5.69 Å². The number of nitrogens with zero attached hydrogens (tertiary/aromatic N) is 3. The van der Waals surface area contributed by atoms with Crippen LogP contribution in [0, 0.1) is 5.82 Å². The number of unbranched alkanes of at least 4 members (excludes halogenated alkanes) is 1. The summed E-state index contributed by atoms with van der Waals surface area (Å²) in [5.74, 6) is -0.955. The zero-order valence-corrected chi connectivity index (χ0v) is 18.8. The molecule has 0 unspecified atom stereocenters. The quantitative estimate of drug-likeness (QED) is 0.456. The van der Waals surface area contributed by atoms with E-state index in [1.54, 1.807) is 42.5 Å². The number of H-pyrrole nitrogens is 1. The Morgan fingerprint density at radius 2 is 1.85 bits per heavy atom. The van der Waals surface area contributed by atoms with Crippen molar-refractivity contribution in [2.75, 3.05) is 17.7 Å². The third-order valence-corrected chi connectivity index (χ3v) is 5.68. The standard InChI is InChI=1S/C25H24FN5O3/c1-3-4-13-31-22(27)21(23(32)29-25(31)34)30(2)24(33)18-14-20(15-9-11-16(26)12-10-15)28-19-8-6-5-7-17(18)19/h5-12,14H,3-4,13,27H2,1-2H3,(H,29,32,34). The van der Waals surface area contributed by atoms with E-state index in [1.165, 1.54) is 23.7 Å². The Morgan fingerprint density at radius 1 is 1.15 bits per heavy atom. The van der Waals surface area contributed by atoms with Crippen molar-refractivity contribution < 1.29 is 9.18 Å².